The number of hydrogen-bond donors (Lipinski definition) is 0. The maximum absolute atomic E-state index is 12.1. The van der Waals surface area contributed by atoms with Crippen molar-refractivity contribution in [3.8, 4) is 0 Å². The van der Waals surface area contributed by atoms with Crippen molar-refractivity contribution in [1.82, 2.24) is 9.78 Å². The SMILES string of the molecule is Cc1nn(C)c(Cl)c1CC(=O)CSc1ccccc1Cl. The number of carbonyl (C=O) groups excluding carboxylic acids is 1. The first-order valence-corrected chi connectivity index (χ1v) is 7.80. The number of nitrogens with zero attached hydrogens (tertiary/aromatic N) is 2. The topological polar surface area (TPSA) is 34.9 Å². The minimum atomic E-state index is 0.105. The van der Waals surface area contributed by atoms with E-state index in [1.807, 2.05) is 31.2 Å². The molecule has 0 atom stereocenters. The normalized spacial score (nSPS) is 10.8. The van der Waals surface area contributed by atoms with E-state index < -0.39 is 0 Å². The third-order valence-electron chi connectivity index (χ3n) is 2.87. The van der Waals surface area contributed by atoms with Crippen LogP contribution in [0.2, 0.25) is 10.2 Å². The molecule has 0 fully saturated rings. The summed E-state index contributed by atoms with van der Waals surface area (Å²) in [5, 5.41) is 5.39. The molecule has 106 valence electrons. The average Bonchev–Trinajstić information content (AvgIpc) is 2.64. The molecule has 6 heteroatoms. The molecule has 0 spiro atoms. The number of benzene rings is 1. The van der Waals surface area contributed by atoms with E-state index in [-0.39, 0.29) is 5.78 Å². The summed E-state index contributed by atoms with van der Waals surface area (Å²) in [5.74, 6) is 0.474. The minimum Gasteiger partial charge on any atom is -0.298 e. The summed E-state index contributed by atoms with van der Waals surface area (Å²) in [6.07, 6.45) is 0.302. The number of thioether (sulfide) groups is 1. The minimum absolute atomic E-state index is 0.105. The Kier molecular flexibility index (Phi) is 5.13. The lowest BCUT2D eigenvalue weighted by Crippen LogP contribution is -2.06. The lowest BCUT2D eigenvalue weighted by atomic mass is 10.1. The molecule has 0 bridgehead atoms. The van der Waals surface area contributed by atoms with Gasteiger partial charge in [0.25, 0.3) is 0 Å². The lowest BCUT2D eigenvalue weighted by molar-refractivity contribution is -0.116. The second-order valence-corrected chi connectivity index (χ2v) is 6.20. The highest BCUT2D eigenvalue weighted by Crippen LogP contribution is 2.27. The van der Waals surface area contributed by atoms with Crippen LogP contribution in [-0.4, -0.2) is 21.3 Å². The number of hydrogen-bond acceptors (Lipinski definition) is 3. The third kappa shape index (κ3) is 3.57. The van der Waals surface area contributed by atoms with Crippen LogP contribution in [0.5, 0.6) is 0 Å². The maximum Gasteiger partial charge on any atom is 0.147 e. The van der Waals surface area contributed by atoms with Crippen molar-refractivity contribution in [2.45, 2.75) is 18.2 Å². The summed E-state index contributed by atoms with van der Waals surface area (Å²) < 4.78 is 1.58. The molecule has 0 N–H and O–H groups in total. The van der Waals surface area contributed by atoms with Gasteiger partial charge in [0.05, 0.1) is 16.5 Å². The molecule has 0 aliphatic rings. The van der Waals surface area contributed by atoms with E-state index in [2.05, 4.69) is 5.10 Å². The number of aryl methyl sites for hydroxylation is 2. The standard InChI is InChI=1S/C14H14Cl2N2OS/c1-9-11(14(16)18(2)17-9)7-10(19)8-20-13-6-4-3-5-12(13)15/h3-6H,7-8H2,1-2H3. The molecule has 2 rings (SSSR count). The van der Waals surface area contributed by atoms with Crippen molar-refractivity contribution >= 4 is 40.7 Å². The molecule has 2 aromatic rings. The van der Waals surface area contributed by atoms with Crippen LogP contribution in [0, 0.1) is 6.92 Å². The zero-order valence-corrected chi connectivity index (χ0v) is 13.5. The van der Waals surface area contributed by atoms with Crippen LogP contribution in [0.1, 0.15) is 11.3 Å². The van der Waals surface area contributed by atoms with E-state index in [0.717, 1.165) is 16.2 Å². The maximum atomic E-state index is 12.1. The molecule has 20 heavy (non-hydrogen) atoms. The predicted molar refractivity (Wildman–Crippen MR) is 83.8 cm³/mol. The third-order valence-corrected chi connectivity index (χ3v) is 4.92. The van der Waals surface area contributed by atoms with Crippen molar-refractivity contribution in [1.29, 1.82) is 0 Å². The van der Waals surface area contributed by atoms with Gasteiger partial charge in [0.1, 0.15) is 10.9 Å². The van der Waals surface area contributed by atoms with Gasteiger partial charge in [0, 0.05) is 23.9 Å². The van der Waals surface area contributed by atoms with E-state index in [0.29, 0.717) is 22.3 Å². The molecule has 0 aliphatic heterocycles. The summed E-state index contributed by atoms with van der Waals surface area (Å²) >= 11 is 13.6. The van der Waals surface area contributed by atoms with Gasteiger partial charge >= 0.3 is 0 Å². The smallest absolute Gasteiger partial charge is 0.147 e. The van der Waals surface area contributed by atoms with Gasteiger partial charge in [-0.2, -0.15) is 5.10 Å². The van der Waals surface area contributed by atoms with Crippen LogP contribution in [-0.2, 0) is 18.3 Å². The fraction of sp³-hybridized carbons (Fsp3) is 0.286. The highest BCUT2D eigenvalue weighted by atomic mass is 35.5. The van der Waals surface area contributed by atoms with Crippen LogP contribution >= 0.6 is 35.0 Å². The van der Waals surface area contributed by atoms with Gasteiger partial charge in [0.15, 0.2) is 0 Å². The van der Waals surface area contributed by atoms with Gasteiger partial charge in [0.2, 0.25) is 0 Å². The molecule has 1 aromatic heterocycles. The highest BCUT2D eigenvalue weighted by molar-refractivity contribution is 8.00. The van der Waals surface area contributed by atoms with Crippen molar-refractivity contribution in [3.63, 3.8) is 0 Å². The first kappa shape index (κ1) is 15.4. The Morgan fingerprint density at radius 1 is 1.35 bits per heavy atom. The molecule has 1 aromatic carbocycles. The molecule has 0 radical (unpaired) electrons. The number of halogens is 2. The van der Waals surface area contributed by atoms with Crippen molar-refractivity contribution in [2.24, 2.45) is 7.05 Å². The molecular formula is C14H14Cl2N2OS. The number of rotatable bonds is 5. The Balaban J connectivity index is 1.98. The summed E-state index contributed by atoms with van der Waals surface area (Å²) in [5.41, 5.74) is 1.60. The monoisotopic (exact) mass is 328 g/mol. The molecule has 0 amide bonds. The summed E-state index contributed by atoms with van der Waals surface area (Å²) in [6, 6.07) is 7.49. The first-order chi connectivity index (χ1) is 9.49. The number of carbonyl (C=O) groups is 1. The molecule has 0 aliphatic carbocycles. The molecule has 1 heterocycles. The highest BCUT2D eigenvalue weighted by Gasteiger charge is 2.15. The summed E-state index contributed by atoms with van der Waals surface area (Å²) in [6.45, 7) is 1.86. The van der Waals surface area contributed by atoms with Crippen molar-refractivity contribution in [2.75, 3.05) is 5.75 Å². The van der Waals surface area contributed by atoms with Gasteiger partial charge in [-0.3, -0.25) is 9.48 Å². The second kappa shape index (κ2) is 6.66. The predicted octanol–water partition coefficient (Wildman–Crippen LogP) is 3.94. The fourth-order valence-electron chi connectivity index (χ4n) is 1.84. The van der Waals surface area contributed by atoms with E-state index in [9.17, 15) is 4.79 Å². The average molecular weight is 329 g/mol. The second-order valence-electron chi connectivity index (χ2n) is 4.41. The van der Waals surface area contributed by atoms with Crippen molar-refractivity contribution < 1.29 is 4.79 Å². The van der Waals surface area contributed by atoms with Gasteiger partial charge < -0.3 is 0 Å². The Labute approximate surface area is 132 Å². The first-order valence-electron chi connectivity index (χ1n) is 6.06. The van der Waals surface area contributed by atoms with Gasteiger partial charge in [-0.05, 0) is 19.1 Å². The Morgan fingerprint density at radius 2 is 2.05 bits per heavy atom. The van der Waals surface area contributed by atoms with E-state index in [1.165, 1.54) is 11.8 Å². The number of ketones is 1. The van der Waals surface area contributed by atoms with Gasteiger partial charge in [-0.1, -0.05) is 35.3 Å². The van der Waals surface area contributed by atoms with Crippen LogP contribution < -0.4 is 0 Å². The quantitative estimate of drug-likeness (QED) is 0.780. The molecule has 0 unspecified atom stereocenters. The van der Waals surface area contributed by atoms with E-state index in [4.69, 9.17) is 23.2 Å². The van der Waals surface area contributed by atoms with E-state index >= 15 is 0 Å². The van der Waals surface area contributed by atoms with Crippen LogP contribution in [0.25, 0.3) is 0 Å². The van der Waals surface area contributed by atoms with Crippen LogP contribution in [0.4, 0.5) is 0 Å². The summed E-state index contributed by atoms with van der Waals surface area (Å²) in [7, 11) is 1.77. The lowest BCUT2D eigenvalue weighted by Gasteiger charge is -2.03. The van der Waals surface area contributed by atoms with Gasteiger partial charge in [-0.25, -0.2) is 0 Å². The zero-order chi connectivity index (χ0) is 14.7. The van der Waals surface area contributed by atoms with Crippen molar-refractivity contribution in [3.05, 3.63) is 45.7 Å². The van der Waals surface area contributed by atoms with E-state index in [1.54, 1.807) is 11.7 Å². The fourth-order valence-corrected chi connectivity index (χ4v) is 3.18. The Bertz CT molecular complexity index is 640. The summed E-state index contributed by atoms with van der Waals surface area (Å²) in [4.78, 5) is 13.0. The molecule has 0 saturated heterocycles. The largest absolute Gasteiger partial charge is 0.298 e. The zero-order valence-electron chi connectivity index (χ0n) is 11.2. The Morgan fingerprint density at radius 3 is 2.65 bits per heavy atom. The molecule has 3 nitrogen and oxygen atoms in total. The molecule has 0 saturated carbocycles. The van der Waals surface area contributed by atoms with Crippen LogP contribution in [0.15, 0.2) is 29.2 Å². The van der Waals surface area contributed by atoms with Gasteiger partial charge in [-0.15, -0.1) is 11.8 Å². The Hall–Kier alpha value is -0.970. The van der Waals surface area contributed by atoms with Crippen LogP contribution in [0.3, 0.4) is 0 Å². The number of aromatic nitrogens is 2. The number of Topliss-reactive ketones (excluding diaryl/α,β-unsaturated/α-hetero) is 1. The molecular weight excluding hydrogens is 315 g/mol.